The number of carbonyl (C=O) groups is 1. The molecule has 18 heavy (non-hydrogen) atoms. The van der Waals surface area contributed by atoms with Crippen LogP contribution in [0.5, 0.6) is 5.75 Å². The molecule has 0 aliphatic heterocycles. The third-order valence-electron chi connectivity index (χ3n) is 2.31. The number of fused-ring (bicyclic) bond motifs is 1. The molecule has 0 fully saturated rings. The summed E-state index contributed by atoms with van der Waals surface area (Å²) in [6.45, 7) is 2.23. The van der Waals surface area contributed by atoms with Crippen molar-refractivity contribution in [1.82, 2.24) is 5.32 Å². The van der Waals surface area contributed by atoms with E-state index in [1.165, 1.54) is 18.2 Å². The fourth-order valence-electron chi connectivity index (χ4n) is 1.51. The summed E-state index contributed by atoms with van der Waals surface area (Å²) in [4.78, 5) is 22.9. The normalized spacial score (nSPS) is 10.3. The molecular weight excluding hydrogens is 236 g/mol. The molecule has 0 bridgehead atoms. The van der Waals surface area contributed by atoms with Gasteiger partial charge in [-0.05, 0) is 25.1 Å². The van der Waals surface area contributed by atoms with Crippen LogP contribution in [-0.4, -0.2) is 17.7 Å². The molecule has 2 amide bonds. The van der Waals surface area contributed by atoms with Crippen molar-refractivity contribution in [2.75, 3.05) is 11.9 Å². The SMILES string of the molecule is CCNC(=O)Nc1cc2ccc(O)cc2oc1=O. The van der Waals surface area contributed by atoms with Gasteiger partial charge in [-0.25, -0.2) is 9.59 Å². The molecule has 0 unspecified atom stereocenters. The summed E-state index contributed by atoms with van der Waals surface area (Å²) in [6.07, 6.45) is 0. The van der Waals surface area contributed by atoms with E-state index in [-0.39, 0.29) is 17.0 Å². The third-order valence-corrected chi connectivity index (χ3v) is 2.31. The van der Waals surface area contributed by atoms with E-state index in [1.54, 1.807) is 13.0 Å². The lowest BCUT2D eigenvalue weighted by Crippen LogP contribution is -2.30. The summed E-state index contributed by atoms with van der Waals surface area (Å²) >= 11 is 0. The van der Waals surface area contributed by atoms with Gasteiger partial charge in [-0.3, -0.25) is 0 Å². The molecule has 2 rings (SSSR count). The molecule has 3 N–H and O–H groups in total. The molecule has 0 spiro atoms. The molecule has 94 valence electrons. The molecule has 6 nitrogen and oxygen atoms in total. The average Bonchev–Trinajstić information content (AvgIpc) is 2.31. The van der Waals surface area contributed by atoms with E-state index in [2.05, 4.69) is 10.6 Å². The molecule has 0 aliphatic rings. The maximum atomic E-state index is 11.6. The summed E-state index contributed by atoms with van der Waals surface area (Å²) in [5.74, 6) is 0.00934. The maximum absolute atomic E-state index is 11.6. The van der Waals surface area contributed by atoms with Crippen molar-refractivity contribution in [2.24, 2.45) is 0 Å². The summed E-state index contributed by atoms with van der Waals surface area (Å²) in [6, 6.07) is 5.43. The highest BCUT2D eigenvalue weighted by Gasteiger charge is 2.08. The van der Waals surface area contributed by atoms with Crippen molar-refractivity contribution in [3.8, 4) is 5.75 Å². The zero-order chi connectivity index (χ0) is 13.1. The van der Waals surface area contributed by atoms with Crippen molar-refractivity contribution in [3.05, 3.63) is 34.7 Å². The molecule has 0 saturated heterocycles. The van der Waals surface area contributed by atoms with Crippen LogP contribution in [0.1, 0.15) is 6.92 Å². The third kappa shape index (κ3) is 2.42. The van der Waals surface area contributed by atoms with Crippen LogP contribution in [0.3, 0.4) is 0 Å². The molecule has 0 saturated carbocycles. The predicted octanol–water partition coefficient (Wildman–Crippen LogP) is 1.64. The second-order valence-electron chi connectivity index (χ2n) is 3.65. The molecule has 1 aromatic heterocycles. The Bertz CT molecular complexity index is 648. The van der Waals surface area contributed by atoms with Gasteiger partial charge < -0.3 is 20.2 Å². The highest BCUT2D eigenvalue weighted by molar-refractivity contribution is 5.91. The van der Waals surface area contributed by atoms with Crippen LogP contribution in [0.15, 0.2) is 33.5 Å². The number of phenolic OH excluding ortho intramolecular Hbond substituents is 1. The summed E-state index contributed by atoms with van der Waals surface area (Å²) in [7, 11) is 0. The summed E-state index contributed by atoms with van der Waals surface area (Å²) in [5, 5.41) is 14.8. The van der Waals surface area contributed by atoms with Crippen molar-refractivity contribution < 1.29 is 14.3 Å². The van der Waals surface area contributed by atoms with Crippen LogP contribution >= 0.6 is 0 Å². The summed E-state index contributed by atoms with van der Waals surface area (Å²) < 4.78 is 4.99. The van der Waals surface area contributed by atoms with Gasteiger partial charge in [0.1, 0.15) is 17.0 Å². The van der Waals surface area contributed by atoms with E-state index >= 15 is 0 Å². The number of aromatic hydroxyl groups is 1. The quantitative estimate of drug-likeness (QED) is 0.704. The monoisotopic (exact) mass is 248 g/mol. The zero-order valence-corrected chi connectivity index (χ0v) is 9.69. The first-order chi connectivity index (χ1) is 8.60. The standard InChI is InChI=1S/C12H12N2O4/c1-2-13-12(17)14-9-5-7-3-4-8(15)6-10(7)18-11(9)16/h3-6,15H,2H2,1H3,(H2,13,14,17). The van der Waals surface area contributed by atoms with Gasteiger partial charge in [0.2, 0.25) is 0 Å². The van der Waals surface area contributed by atoms with E-state index in [1.807, 2.05) is 0 Å². The van der Waals surface area contributed by atoms with Crippen LogP contribution < -0.4 is 16.3 Å². The number of hydrogen-bond donors (Lipinski definition) is 3. The topological polar surface area (TPSA) is 91.6 Å². The largest absolute Gasteiger partial charge is 0.508 e. The lowest BCUT2D eigenvalue weighted by molar-refractivity contribution is 0.252. The van der Waals surface area contributed by atoms with E-state index in [0.29, 0.717) is 11.9 Å². The van der Waals surface area contributed by atoms with Gasteiger partial charge in [0.15, 0.2) is 0 Å². The van der Waals surface area contributed by atoms with Gasteiger partial charge in [-0.1, -0.05) is 0 Å². The molecule has 0 radical (unpaired) electrons. The van der Waals surface area contributed by atoms with Crippen molar-refractivity contribution in [1.29, 1.82) is 0 Å². The Kier molecular flexibility index (Phi) is 3.18. The minimum absolute atomic E-state index is 0.00934. The number of carbonyl (C=O) groups excluding carboxylic acids is 1. The fourth-order valence-corrected chi connectivity index (χ4v) is 1.51. The van der Waals surface area contributed by atoms with Gasteiger partial charge >= 0.3 is 11.7 Å². The smallest absolute Gasteiger partial charge is 0.360 e. The van der Waals surface area contributed by atoms with E-state index in [4.69, 9.17) is 4.42 Å². The number of phenols is 1. The van der Waals surface area contributed by atoms with E-state index in [9.17, 15) is 14.7 Å². The van der Waals surface area contributed by atoms with Crippen molar-refractivity contribution >= 4 is 22.7 Å². The molecule has 0 aliphatic carbocycles. The first-order valence-corrected chi connectivity index (χ1v) is 5.42. The van der Waals surface area contributed by atoms with Crippen molar-refractivity contribution in [3.63, 3.8) is 0 Å². The second-order valence-corrected chi connectivity index (χ2v) is 3.65. The van der Waals surface area contributed by atoms with Crippen LogP contribution in [0.2, 0.25) is 0 Å². The predicted molar refractivity (Wildman–Crippen MR) is 66.8 cm³/mol. The van der Waals surface area contributed by atoms with Gasteiger partial charge in [-0.15, -0.1) is 0 Å². The molecular formula is C12H12N2O4. The first kappa shape index (κ1) is 12.0. The Labute approximate surface area is 102 Å². The molecule has 2 aromatic rings. The molecule has 6 heteroatoms. The van der Waals surface area contributed by atoms with Gasteiger partial charge in [0, 0.05) is 18.0 Å². The van der Waals surface area contributed by atoms with Gasteiger partial charge in [-0.2, -0.15) is 0 Å². The lowest BCUT2D eigenvalue weighted by atomic mass is 10.2. The summed E-state index contributed by atoms with van der Waals surface area (Å²) in [5.41, 5.74) is -0.347. The highest BCUT2D eigenvalue weighted by atomic mass is 16.4. The van der Waals surface area contributed by atoms with Crippen LogP contribution in [0.25, 0.3) is 11.0 Å². The maximum Gasteiger partial charge on any atom is 0.360 e. The fraction of sp³-hybridized carbons (Fsp3) is 0.167. The van der Waals surface area contributed by atoms with Gasteiger partial charge in [0.25, 0.3) is 0 Å². The second kappa shape index (κ2) is 4.79. The van der Waals surface area contributed by atoms with Crippen molar-refractivity contribution in [2.45, 2.75) is 6.92 Å². The molecule has 1 aromatic carbocycles. The Balaban J connectivity index is 2.40. The van der Waals surface area contributed by atoms with Crippen LogP contribution in [0.4, 0.5) is 10.5 Å². The zero-order valence-electron chi connectivity index (χ0n) is 9.69. The Morgan fingerprint density at radius 2 is 2.17 bits per heavy atom. The van der Waals surface area contributed by atoms with Crippen LogP contribution in [0, 0.1) is 0 Å². The number of nitrogens with one attached hydrogen (secondary N) is 2. The Morgan fingerprint density at radius 1 is 1.39 bits per heavy atom. The average molecular weight is 248 g/mol. The number of anilines is 1. The van der Waals surface area contributed by atoms with E-state index in [0.717, 1.165) is 0 Å². The number of rotatable bonds is 2. The minimum atomic E-state index is -0.667. The van der Waals surface area contributed by atoms with Gasteiger partial charge in [0.05, 0.1) is 0 Å². The number of urea groups is 1. The number of amides is 2. The number of benzene rings is 1. The minimum Gasteiger partial charge on any atom is -0.508 e. The number of hydrogen-bond acceptors (Lipinski definition) is 4. The van der Waals surface area contributed by atoms with Crippen LogP contribution in [-0.2, 0) is 0 Å². The molecule has 0 atom stereocenters. The first-order valence-electron chi connectivity index (χ1n) is 5.42. The molecule has 1 heterocycles. The Morgan fingerprint density at radius 3 is 2.89 bits per heavy atom. The Hall–Kier alpha value is -2.50. The van der Waals surface area contributed by atoms with E-state index < -0.39 is 11.7 Å². The lowest BCUT2D eigenvalue weighted by Gasteiger charge is -2.05. The highest BCUT2D eigenvalue weighted by Crippen LogP contribution is 2.20.